The first kappa shape index (κ1) is 14.5. The van der Waals surface area contributed by atoms with E-state index in [2.05, 4.69) is 28.2 Å². The lowest BCUT2D eigenvalue weighted by molar-refractivity contribution is 0.171. The molecule has 2 aromatic rings. The molecule has 1 N–H and O–H groups in total. The molecule has 2 aromatic carbocycles. The van der Waals surface area contributed by atoms with E-state index in [0.29, 0.717) is 18.2 Å². The summed E-state index contributed by atoms with van der Waals surface area (Å²) >= 11 is 9.57. The lowest BCUT2D eigenvalue weighted by atomic mass is 10.1. The van der Waals surface area contributed by atoms with Gasteiger partial charge in [-0.05, 0) is 58.7 Å². The molecule has 0 aromatic heterocycles. The topological polar surface area (TPSA) is 30.5 Å². The van der Waals surface area contributed by atoms with E-state index in [0.717, 1.165) is 27.2 Å². The number of benzene rings is 2. The number of ether oxygens (including phenoxy) is 2. The molecule has 21 heavy (non-hydrogen) atoms. The molecule has 0 spiro atoms. The second-order valence-electron chi connectivity index (χ2n) is 4.89. The Labute approximate surface area is 137 Å². The van der Waals surface area contributed by atoms with Gasteiger partial charge in [0.05, 0.1) is 5.69 Å². The highest BCUT2D eigenvalue weighted by molar-refractivity contribution is 9.10. The average molecular weight is 369 g/mol. The Hall–Kier alpha value is -1.39. The molecule has 1 atom stereocenters. The lowest BCUT2D eigenvalue weighted by Gasteiger charge is -2.22. The fourth-order valence-corrected chi connectivity index (χ4v) is 2.79. The quantitative estimate of drug-likeness (QED) is 0.822. The van der Waals surface area contributed by atoms with Crippen LogP contribution in [-0.4, -0.2) is 13.2 Å². The number of rotatable bonds is 3. The van der Waals surface area contributed by atoms with Crippen molar-refractivity contribution < 1.29 is 9.47 Å². The fourth-order valence-electron chi connectivity index (χ4n) is 2.25. The van der Waals surface area contributed by atoms with Gasteiger partial charge in [0.15, 0.2) is 11.5 Å². The smallest absolute Gasteiger partial charge is 0.161 e. The average Bonchev–Trinajstić information content (AvgIpc) is 2.50. The van der Waals surface area contributed by atoms with E-state index < -0.39 is 0 Å². The number of halogens is 2. The van der Waals surface area contributed by atoms with E-state index in [1.54, 1.807) is 0 Å². The van der Waals surface area contributed by atoms with Crippen molar-refractivity contribution in [2.75, 3.05) is 18.5 Å². The van der Waals surface area contributed by atoms with Gasteiger partial charge in [-0.25, -0.2) is 0 Å². The van der Waals surface area contributed by atoms with Crippen molar-refractivity contribution in [2.24, 2.45) is 0 Å². The Morgan fingerprint density at radius 1 is 1.10 bits per heavy atom. The third-order valence-corrected chi connectivity index (χ3v) is 4.29. The molecule has 0 radical (unpaired) electrons. The zero-order chi connectivity index (χ0) is 14.8. The van der Waals surface area contributed by atoms with Crippen LogP contribution in [0.1, 0.15) is 18.5 Å². The minimum atomic E-state index is 0.121. The van der Waals surface area contributed by atoms with Crippen molar-refractivity contribution in [1.82, 2.24) is 0 Å². The normalized spacial score (nSPS) is 14.6. The van der Waals surface area contributed by atoms with Crippen LogP contribution < -0.4 is 14.8 Å². The van der Waals surface area contributed by atoms with Crippen LogP contribution in [0, 0.1) is 0 Å². The van der Waals surface area contributed by atoms with Crippen molar-refractivity contribution in [3.63, 3.8) is 0 Å². The highest BCUT2D eigenvalue weighted by atomic mass is 79.9. The van der Waals surface area contributed by atoms with Crippen LogP contribution >= 0.6 is 27.5 Å². The lowest BCUT2D eigenvalue weighted by Crippen LogP contribution is -2.16. The highest BCUT2D eigenvalue weighted by Crippen LogP contribution is 2.34. The van der Waals surface area contributed by atoms with Crippen LogP contribution in [0.4, 0.5) is 5.69 Å². The van der Waals surface area contributed by atoms with E-state index in [1.807, 2.05) is 36.4 Å². The van der Waals surface area contributed by atoms with Crippen LogP contribution in [0.5, 0.6) is 11.5 Å². The second-order valence-corrected chi connectivity index (χ2v) is 6.18. The van der Waals surface area contributed by atoms with E-state index in [9.17, 15) is 0 Å². The maximum Gasteiger partial charge on any atom is 0.161 e. The second kappa shape index (κ2) is 6.16. The molecule has 0 saturated carbocycles. The summed E-state index contributed by atoms with van der Waals surface area (Å²) in [7, 11) is 0. The Kier molecular flexibility index (Phi) is 4.27. The third kappa shape index (κ3) is 3.27. The molecule has 1 aliphatic rings. The van der Waals surface area contributed by atoms with Gasteiger partial charge in [0.2, 0.25) is 0 Å². The Balaban J connectivity index is 1.82. The molecular weight excluding hydrogens is 354 g/mol. The molecule has 110 valence electrons. The van der Waals surface area contributed by atoms with Gasteiger partial charge in [-0.15, -0.1) is 0 Å². The number of fused-ring (bicyclic) bond motifs is 1. The maximum atomic E-state index is 6.04. The van der Waals surface area contributed by atoms with Crippen LogP contribution in [-0.2, 0) is 0 Å². The molecule has 1 heterocycles. The fraction of sp³-hybridized carbons (Fsp3) is 0.250. The largest absolute Gasteiger partial charge is 0.486 e. The third-order valence-electron chi connectivity index (χ3n) is 3.37. The Morgan fingerprint density at radius 3 is 2.67 bits per heavy atom. The van der Waals surface area contributed by atoms with E-state index in [1.165, 1.54) is 0 Å². The van der Waals surface area contributed by atoms with E-state index >= 15 is 0 Å². The molecule has 3 nitrogen and oxygen atoms in total. The number of hydrogen-bond acceptors (Lipinski definition) is 3. The summed E-state index contributed by atoms with van der Waals surface area (Å²) in [4.78, 5) is 0. The zero-order valence-corrected chi connectivity index (χ0v) is 13.9. The molecule has 0 amide bonds. The first-order valence-electron chi connectivity index (χ1n) is 6.74. The van der Waals surface area contributed by atoms with Gasteiger partial charge in [0.1, 0.15) is 13.2 Å². The van der Waals surface area contributed by atoms with Gasteiger partial charge < -0.3 is 14.8 Å². The standard InChI is InChI=1S/C16H15BrClNO2/c1-10(19-14-9-12(18)3-4-13(14)17)11-2-5-15-16(8-11)21-7-6-20-15/h2-5,8-10,19H,6-7H2,1H3. The van der Waals surface area contributed by atoms with E-state index in [-0.39, 0.29) is 6.04 Å². The predicted molar refractivity (Wildman–Crippen MR) is 88.6 cm³/mol. The van der Waals surface area contributed by atoms with Crippen LogP contribution in [0.2, 0.25) is 5.02 Å². The van der Waals surface area contributed by atoms with Gasteiger partial charge in [-0.1, -0.05) is 17.7 Å². The molecule has 0 saturated heterocycles. The van der Waals surface area contributed by atoms with Crippen LogP contribution in [0.3, 0.4) is 0 Å². The summed E-state index contributed by atoms with van der Waals surface area (Å²) in [5.41, 5.74) is 2.09. The van der Waals surface area contributed by atoms with Crippen LogP contribution in [0.15, 0.2) is 40.9 Å². The minimum Gasteiger partial charge on any atom is -0.486 e. The van der Waals surface area contributed by atoms with Gasteiger partial charge in [0.25, 0.3) is 0 Å². The summed E-state index contributed by atoms with van der Waals surface area (Å²) in [5, 5.41) is 4.15. The SMILES string of the molecule is CC(Nc1cc(Cl)ccc1Br)c1ccc2c(c1)OCCO2. The maximum absolute atomic E-state index is 6.04. The van der Waals surface area contributed by atoms with E-state index in [4.69, 9.17) is 21.1 Å². The van der Waals surface area contributed by atoms with Gasteiger partial charge in [0, 0.05) is 15.5 Å². The van der Waals surface area contributed by atoms with Crippen molar-refractivity contribution in [2.45, 2.75) is 13.0 Å². The Bertz CT molecular complexity index is 663. The molecule has 1 aliphatic heterocycles. The molecule has 5 heteroatoms. The van der Waals surface area contributed by atoms with Gasteiger partial charge >= 0.3 is 0 Å². The molecule has 0 aliphatic carbocycles. The molecular formula is C16H15BrClNO2. The molecule has 0 fully saturated rings. The summed E-state index contributed by atoms with van der Waals surface area (Å²) in [5.74, 6) is 1.61. The van der Waals surface area contributed by atoms with Gasteiger partial charge in [-0.3, -0.25) is 0 Å². The Morgan fingerprint density at radius 2 is 1.86 bits per heavy atom. The zero-order valence-electron chi connectivity index (χ0n) is 11.5. The van der Waals surface area contributed by atoms with Gasteiger partial charge in [-0.2, -0.15) is 0 Å². The summed E-state index contributed by atoms with van der Waals surface area (Å²) in [6.07, 6.45) is 0. The number of hydrogen-bond donors (Lipinski definition) is 1. The van der Waals surface area contributed by atoms with Crippen LogP contribution in [0.25, 0.3) is 0 Å². The molecule has 0 bridgehead atoms. The number of anilines is 1. The van der Waals surface area contributed by atoms with Crippen molar-refractivity contribution in [1.29, 1.82) is 0 Å². The van der Waals surface area contributed by atoms with Crippen molar-refractivity contribution in [3.05, 3.63) is 51.5 Å². The summed E-state index contributed by atoms with van der Waals surface area (Å²) < 4.78 is 12.1. The summed E-state index contributed by atoms with van der Waals surface area (Å²) in [6.45, 7) is 3.30. The minimum absolute atomic E-state index is 0.121. The number of nitrogens with one attached hydrogen (secondary N) is 1. The predicted octanol–water partition coefficient (Wildman–Crippen LogP) is 5.05. The summed E-state index contributed by atoms with van der Waals surface area (Å²) in [6, 6.07) is 11.8. The van der Waals surface area contributed by atoms with Crippen molar-refractivity contribution >= 4 is 33.2 Å². The molecule has 3 rings (SSSR count). The molecule has 1 unspecified atom stereocenters. The van der Waals surface area contributed by atoms with Crippen molar-refractivity contribution in [3.8, 4) is 11.5 Å². The first-order chi connectivity index (χ1) is 10.1. The highest BCUT2D eigenvalue weighted by Gasteiger charge is 2.15. The monoisotopic (exact) mass is 367 g/mol. The first-order valence-corrected chi connectivity index (χ1v) is 7.92.